The van der Waals surface area contributed by atoms with Crippen molar-refractivity contribution in [3.05, 3.63) is 12.2 Å². The minimum Gasteiger partial charge on any atom is -0.303 e. The van der Waals surface area contributed by atoms with Gasteiger partial charge in [-0.05, 0) is 18.8 Å². The largest absolute Gasteiger partial charge is 0.303 e. The number of allylic oxidation sites excluding steroid dienone is 2. The van der Waals surface area contributed by atoms with Crippen LogP contribution in [0.25, 0.3) is 0 Å². The maximum absolute atomic E-state index is 11.3. The van der Waals surface area contributed by atoms with E-state index in [9.17, 15) is 9.59 Å². The molecule has 3 rings (SSSR count). The average Bonchev–Trinajstić information content (AvgIpc) is 2.06. The molecule has 0 aliphatic heterocycles. The highest BCUT2D eigenvalue weighted by atomic mass is 16.1. The van der Waals surface area contributed by atoms with Crippen LogP contribution in [0.4, 0.5) is 0 Å². The van der Waals surface area contributed by atoms with Crippen molar-refractivity contribution in [3.63, 3.8) is 0 Å². The van der Waals surface area contributed by atoms with Crippen LogP contribution in [-0.2, 0) is 9.59 Å². The van der Waals surface area contributed by atoms with Gasteiger partial charge in [-0.3, -0.25) is 4.79 Å². The molecule has 0 aromatic carbocycles. The fourth-order valence-corrected chi connectivity index (χ4v) is 2.00. The van der Waals surface area contributed by atoms with Gasteiger partial charge in [-0.2, -0.15) is 0 Å². The summed E-state index contributed by atoms with van der Waals surface area (Å²) in [4.78, 5) is 21.8. The van der Waals surface area contributed by atoms with Crippen molar-refractivity contribution in [2.75, 3.05) is 0 Å². The molecule has 0 amide bonds. The Morgan fingerprint density at radius 1 is 1.36 bits per heavy atom. The zero-order chi connectivity index (χ0) is 7.84. The van der Waals surface area contributed by atoms with Gasteiger partial charge in [0, 0.05) is 5.92 Å². The fraction of sp³-hybridized carbons (Fsp3) is 0.556. The summed E-state index contributed by atoms with van der Waals surface area (Å²) in [5.74, 6) is 0.0812. The van der Waals surface area contributed by atoms with Crippen molar-refractivity contribution in [1.29, 1.82) is 0 Å². The predicted molar refractivity (Wildman–Crippen MR) is 39.9 cm³/mol. The van der Waals surface area contributed by atoms with Crippen molar-refractivity contribution in [2.24, 2.45) is 17.8 Å². The molecule has 2 heteroatoms. The van der Waals surface area contributed by atoms with Crippen LogP contribution >= 0.6 is 0 Å². The highest BCUT2D eigenvalue weighted by Crippen LogP contribution is 2.36. The lowest BCUT2D eigenvalue weighted by Crippen LogP contribution is -2.37. The van der Waals surface area contributed by atoms with E-state index in [0.717, 1.165) is 19.1 Å². The highest BCUT2D eigenvalue weighted by molar-refractivity contribution is 5.97. The molecule has 0 heterocycles. The summed E-state index contributed by atoms with van der Waals surface area (Å²) >= 11 is 0. The molecule has 58 valence electrons. The van der Waals surface area contributed by atoms with Gasteiger partial charge >= 0.3 is 0 Å². The first-order chi connectivity index (χ1) is 5.33. The van der Waals surface area contributed by atoms with Gasteiger partial charge in [0.15, 0.2) is 0 Å². The molecule has 2 bridgehead atoms. The fourth-order valence-electron chi connectivity index (χ4n) is 2.00. The number of ketones is 1. The van der Waals surface area contributed by atoms with Gasteiger partial charge in [0.1, 0.15) is 12.1 Å². The number of Topliss-reactive ketones (excluding diaryl/α,β-unsaturated/α-hetero) is 1. The molecule has 11 heavy (non-hydrogen) atoms. The first-order valence-electron chi connectivity index (χ1n) is 4.00. The van der Waals surface area contributed by atoms with Crippen LogP contribution in [0.2, 0.25) is 0 Å². The lowest BCUT2D eigenvalue weighted by atomic mass is 9.69. The van der Waals surface area contributed by atoms with Gasteiger partial charge in [-0.25, -0.2) is 0 Å². The van der Waals surface area contributed by atoms with Gasteiger partial charge in [-0.1, -0.05) is 12.2 Å². The molecule has 0 aromatic heterocycles. The molecule has 2 nitrogen and oxygen atoms in total. The van der Waals surface area contributed by atoms with Crippen molar-refractivity contribution in [1.82, 2.24) is 0 Å². The van der Waals surface area contributed by atoms with Gasteiger partial charge in [-0.15, -0.1) is 0 Å². The van der Waals surface area contributed by atoms with E-state index in [4.69, 9.17) is 0 Å². The first kappa shape index (κ1) is 6.77. The smallest absolute Gasteiger partial charge is 0.150 e. The van der Waals surface area contributed by atoms with Crippen LogP contribution in [0, 0.1) is 17.8 Å². The lowest BCUT2D eigenvalue weighted by Gasteiger charge is -2.33. The number of rotatable bonds is 1. The van der Waals surface area contributed by atoms with E-state index in [1.54, 1.807) is 0 Å². The third-order valence-corrected chi connectivity index (χ3v) is 2.70. The Labute approximate surface area is 65.3 Å². The molecule has 1 fully saturated rings. The summed E-state index contributed by atoms with van der Waals surface area (Å²) in [6.45, 7) is 0. The highest BCUT2D eigenvalue weighted by Gasteiger charge is 2.38. The van der Waals surface area contributed by atoms with E-state index in [-0.39, 0.29) is 23.5 Å². The zero-order valence-electron chi connectivity index (χ0n) is 6.19. The maximum Gasteiger partial charge on any atom is 0.150 e. The van der Waals surface area contributed by atoms with Crippen molar-refractivity contribution in [3.8, 4) is 0 Å². The minimum absolute atomic E-state index is 0.0511. The summed E-state index contributed by atoms with van der Waals surface area (Å²) in [5, 5.41) is 0. The number of carbonyl (C=O) groups is 2. The number of carbonyl (C=O) groups excluding carboxylic acids is 2. The van der Waals surface area contributed by atoms with Gasteiger partial charge in [0.25, 0.3) is 0 Å². The van der Waals surface area contributed by atoms with Crippen LogP contribution < -0.4 is 0 Å². The Balaban J connectivity index is 2.33. The summed E-state index contributed by atoms with van der Waals surface area (Å²) in [5.41, 5.74) is 0. The van der Waals surface area contributed by atoms with Gasteiger partial charge in [0.05, 0.1) is 5.92 Å². The van der Waals surface area contributed by atoms with Crippen LogP contribution in [0.1, 0.15) is 12.8 Å². The third kappa shape index (κ3) is 0.854. The minimum atomic E-state index is -0.321. The number of fused-ring (bicyclic) bond motifs is 2. The quantitative estimate of drug-likeness (QED) is 0.317. The maximum atomic E-state index is 11.3. The Morgan fingerprint density at radius 3 is 2.55 bits per heavy atom. The summed E-state index contributed by atoms with van der Waals surface area (Å²) in [6.07, 6.45) is 6.74. The van der Waals surface area contributed by atoms with E-state index in [1.807, 2.05) is 12.2 Å². The molecule has 3 atom stereocenters. The molecule has 3 unspecified atom stereocenters. The van der Waals surface area contributed by atoms with E-state index >= 15 is 0 Å². The van der Waals surface area contributed by atoms with E-state index in [2.05, 4.69) is 0 Å². The van der Waals surface area contributed by atoms with Crippen LogP contribution in [-0.4, -0.2) is 12.1 Å². The Bertz CT molecular complexity index is 230. The van der Waals surface area contributed by atoms with Gasteiger partial charge < -0.3 is 4.79 Å². The Kier molecular flexibility index (Phi) is 1.41. The summed E-state index contributed by atoms with van der Waals surface area (Å²) in [6, 6.07) is 0. The lowest BCUT2D eigenvalue weighted by molar-refractivity contribution is -0.133. The summed E-state index contributed by atoms with van der Waals surface area (Å²) < 4.78 is 0. The zero-order valence-corrected chi connectivity index (χ0v) is 6.19. The molecule has 0 spiro atoms. The van der Waals surface area contributed by atoms with E-state index in [1.165, 1.54) is 0 Å². The molecule has 3 aliphatic carbocycles. The second-order valence-corrected chi connectivity index (χ2v) is 3.30. The number of hydrogen-bond donors (Lipinski definition) is 0. The molecule has 0 N–H and O–H groups in total. The molecule has 3 aliphatic rings. The Morgan fingerprint density at radius 2 is 2.18 bits per heavy atom. The van der Waals surface area contributed by atoms with E-state index < -0.39 is 0 Å². The normalized spacial score (nSPS) is 41.1. The topological polar surface area (TPSA) is 34.1 Å². The first-order valence-corrected chi connectivity index (χ1v) is 4.00. The molecule has 0 aromatic rings. The SMILES string of the molecule is O=CC1C(=O)C2C=CC1CC2. The van der Waals surface area contributed by atoms with Crippen LogP contribution in [0.3, 0.4) is 0 Å². The average molecular weight is 150 g/mol. The monoisotopic (exact) mass is 150 g/mol. The molecular formula is C9H10O2. The molecule has 0 radical (unpaired) electrons. The van der Waals surface area contributed by atoms with Crippen LogP contribution in [0.5, 0.6) is 0 Å². The molecule has 0 saturated heterocycles. The van der Waals surface area contributed by atoms with Gasteiger partial charge in [0.2, 0.25) is 0 Å². The van der Waals surface area contributed by atoms with Crippen molar-refractivity contribution >= 4 is 12.1 Å². The molecular weight excluding hydrogens is 140 g/mol. The third-order valence-electron chi connectivity index (χ3n) is 2.70. The van der Waals surface area contributed by atoms with Crippen LogP contribution in [0.15, 0.2) is 12.2 Å². The molecule has 1 saturated carbocycles. The standard InChI is InChI=1S/C9H10O2/c10-5-8-6-1-3-7(4-2-6)9(8)11/h1,3,5-8H,2,4H2. The predicted octanol–water partition coefficient (Wildman–Crippen LogP) is 0.967. The second-order valence-electron chi connectivity index (χ2n) is 3.30. The number of aldehydes is 1. The van der Waals surface area contributed by atoms with Crippen molar-refractivity contribution < 1.29 is 9.59 Å². The Hall–Kier alpha value is -0.920. The number of hydrogen-bond acceptors (Lipinski definition) is 2. The summed E-state index contributed by atoms with van der Waals surface area (Å²) in [7, 11) is 0. The van der Waals surface area contributed by atoms with Crippen molar-refractivity contribution in [2.45, 2.75) is 12.8 Å². The van der Waals surface area contributed by atoms with E-state index in [0.29, 0.717) is 0 Å². The second kappa shape index (κ2) is 2.29.